The van der Waals surface area contributed by atoms with Crippen LogP contribution in [0.5, 0.6) is 0 Å². The van der Waals surface area contributed by atoms with Crippen molar-refractivity contribution in [1.29, 1.82) is 0 Å². The first kappa shape index (κ1) is 28.4. The van der Waals surface area contributed by atoms with Crippen LogP contribution in [-0.2, 0) is 10.0 Å². The third-order valence-electron chi connectivity index (χ3n) is 6.38. The highest BCUT2D eigenvalue weighted by Crippen LogP contribution is 2.42. The van der Waals surface area contributed by atoms with Gasteiger partial charge >= 0.3 is 0 Å². The van der Waals surface area contributed by atoms with Gasteiger partial charge in [-0.25, -0.2) is 32.2 Å². The number of hydrogen-bond donors (Lipinski definition) is 2. The van der Waals surface area contributed by atoms with Crippen LogP contribution < -0.4 is 10.0 Å². The molecule has 6 rings (SSSR count). The fourth-order valence-corrected chi connectivity index (χ4v) is 7.40. The maximum Gasteiger partial charge on any atom is 0.264 e. The lowest BCUT2D eigenvalue weighted by atomic mass is 10.1. The zero-order chi connectivity index (χ0) is 29.6. The molecular weight excluding hydrogens is 625 g/mol. The van der Waals surface area contributed by atoms with Gasteiger partial charge in [0, 0.05) is 17.8 Å². The second-order valence-electron chi connectivity index (χ2n) is 9.52. The van der Waals surface area contributed by atoms with Crippen LogP contribution in [0.25, 0.3) is 32.5 Å². The molecule has 3 aromatic heterocycles. The van der Waals surface area contributed by atoms with E-state index in [4.69, 9.17) is 23.2 Å². The lowest BCUT2D eigenvalue weighted by Gasteiger charge is -2.14. The molecule has 214 valence electrons. The van der Waals surface area contributed by atoms with Crippen molar-refractivity contribution in [3.63, 3.8) is 0 Å². The highest BCUT2D eigenvalue weighted by molar-refractivity contribution is 7.93. The Morgan fingerprint density at radius 1 is 0.976 bits per heavy atom. The number of benzene rings is 2. The second-order valence-corrected chi connectivity index (χ2v) is 12.9. The minimum absolute atomic E-state index is 0.00608. The average Bonchev–Trinajstić information content (AvgIpc) is 3.66. The molecule has 8 nitrogen and oxygen atoms in total. The van der Waals surface area contributed by atoms with Crippen molar-refractivity contribution < 1.29 is 17.2 Å². The molecule has 42 heavy (non-hydrogen) atoms. The van der Waals surface area contributed by atoms with Crippen molar-refractivity contribution >= 4 is 56.2 Å². The van der Waals surface area contributed by atoms with E-state index in [-0.39, 0.29) is 31.9 Å². The van der Waals surface area contributed by atoms with Crippen LogP contribution in [0.15, 0.2) is 65.8 Å². The Balaban J connectivity index is 1.46. The monoisotopic (exact) mass is 644 g/mol. The number of nitrogens with zero attached hydrogens (tertiary/aromatic N) is 4. The van der Waals surface area contributed by atoms with Gasteiger partial charge in [-0.05, 0) is 61.7 Å². The van der Waals surface area contributed by atoms with Gasteiger partial charge in [0.05, 0.1) is 43.9 Å². The van der Waals surface area contributed by atoms with E-state index in [1.165, 1.54) is 47.7 Å². The van der Waals surface area contributed by atoms with Crippen molar-refractivity contribution in [1.82, 2.24) is 19.9 Å². The predicted molar refractivity (Wildman–Crippen MR) is 160 cm³/mol. The molecule has 3 heterocycles. The largest absolute Gasteiger partial charge is 0.351 e. The van der Waals surface area contributed by atoms with Crippen LogP contribution >= 0.6 is 34.5 Å². The van der Waals surface area contributed by atoms with E-state index in [0.29, 0.717) is 38.8 Å². The number of aryl methyl sites for hydroxylation is 1. The molecule has 0 radical (unpaired) electrons. The summed E-state index contributed by atoms with van der Waals surface area (Å²) in [6, 6.07) is 11.9. The van der Waals surface area contributed by atoms with Gasteiger partial charge in [0.2, 0.25) is 5.95 Å². The summed E-state index contributed by atoms with van der Waals surface area (Å²) < 4.78 is 58.6. The molecule has 14 heteroatoms. The average molecular weight is 646 g/mol. The summed E-state index contributed by atoms with van der Waals surface area (Å²) in [6.07, 6.45) is 4.69. The van der Waals surface area contributed by atoms with Gasteiger partial charge in [0.25, 0.3) is 10.0 Å². The lowest BCUT2D eigenvalue weighted by Crippen LogP contribution is -2.15. The number of hydrogen-bond acceptors (Lipinski definition) is 8. The zero-order valence-corrected chi connectivity index (χ0v) is 24.8. The van der Waals surface area contributed by atoms with E-state index < -0.39 is 21.7 Å². The topological polar surface area (TPSA) is 110 Å². The van der Waals surface area contributed by atoms with Crippen LogP contribution in [0.4, 0.5) is 20.4 Å². The predicted octanol–water partition coefficient (Wildman–Crippen LogP) is 7.60. The summed E-state index contributed by atoms with van der Waals surface area (Å²) in [5, 5.41) is 3.46. The van der Waals surface area contributed by atoms with E-state index in [9.17, 15) is 12.8 Å². The molecule has 1 saturated carbocycles. The molecule has 1 aliphatic rings. The molecule has 2 aromatic carbocycles. The zero-order valence-electron chi connectivity index (χ0n) is 21.7. The maximum absolute atomic E-state index is 16.2. The smallest absolute Gasteiger partial charge is 0.264 e. The number of aromatic nitrogens is 4. The molecular formula is C28H20Cl2F2N6O2S2. The highest BCUT2D eigenvalue weighted by atomic mass is 35.5. The number of rotatable bonds is 8. The van der Waals surface area contributed by atoms with E-state index in [1.807, 2.05) is 0 Å². The summed E-state index contributed by atoms with van der Waals surface area (Å²) in [4.78, 5) is 17.8. The molecule has 2 N–H and O–H groups in total. The fourth-order valence-electron chi connectivity index (χ4n) is 4.12. The Hall–Kier alpha value is -3.71. The molecule has 0 unspecified atom stereocenters. The fraction of sp³-hybridized carbons (Fsp3) is 0.143. The number of nitrogens with one attached hydrogen (secondary N) is 2. The number of halogens is 4. The highest BCUT2D eigenvalue weighted by Gasteiger charge is 2.27. The minimum Gasteiger partial charge on any atom is -0.351 e. The van der Waals surface area contributed by atoms with Crippen LogP contribution in [0.2, 0.25) is 10.0 Å². The molecule has 1 aliphatic carbocycles. The molecule has 0 spiro atoms. The Kier molecular flexibility index (Phi) is 7.56. The van der Waals surface area contributed by atoms with Crippen molar-refractivity contribution in [2.24, 2.45) is 0 Å². The summed E-state index contributed by atoms with van der Waals surface area (Å²) in [5.41, 5.74) is 1.21. The van der Waals surface area contributed by atoms with Gasteiger partial charge in [0.1, 0.15) is 15.7 Å². The van der Waals surface area contributed by atoms with Crippen molar-refractivity contribution in [2.75, 3.05) is 10.0 Å². The number of thiazole rings is 1. The minimum atomic E-state index is -4.38. The van der Waals surface area contributed by atoms with E-state index in [1.54, 1.807) is 25.3 Å². The molecule has 0 amide bonds. The van der Waals surface area contributed by atoms with Gasteiger partial charge in [-0.2, -0.15) is 0 Å². The standard InChI is InChI=1S/C28H20Cl2F2N6O2S2/c1-14-5-9-18(29)26(22(14)30)42(39,40)38-19-4-2-3-17(23(19)32)24-25(20-11-12-33-28(36-20)35-16-7-8-16)41-27(37-24)21-10-6-15(31)13-34-21/h2-6,9-13,16,38H,7-8H2,1H3,(H,33,35,36). The van der Waals surface area contributed by atoms with Crippen molar-refractivity contribution in [3.05, 3.63) is 88.2 Å². The summed E-state index contributed by atoms with van der Waals surface area (Å²) >= 11 is 13.6. The number of pyridine rings is 1. The Morgan fingerprint density at radius 2 is 1.79 bits per heavy atom. The van der Waals surface area contributed by atoms with E-state index in [2.05, 4.69) is 30.0 Å². The second kappa shape index (κ2) is 11.2. The molecule has 1 fully saturated rings. The Morgan fingerprint density at radius 3 is 2.52 bits per heavy atom. The number of anilines is 2. The lowest BCUT2D eigenvalue weighted by molar-refractivity contribution is 0.599. The van der Waals surface area contributed by atoms with Gasteiger partial charge < -0.3 is 5.32 Å². The van der Waals surface area contributed by atoms with Gasteiger partial charge in [-0.15, -0.1) is 11.3 Å². The van der Waals surface area contributed by atoms with Crippen molar-refractivity contribution in [2.45, 2.75) is 30.7 Å². The van der Waals surface area contributed by atoms with Crippen LogP contribution in [0, 0.1) is 18.6 Å². The maximum atomic E-state index is 16.2. The third kappa shape index (κ3) is 5.67. The first-order valence-electron chi connectivity index (χ1n) is 12.6. The van der Waals surface area contributed by atoms with Crippen LogP contribution in [0.1, 0.15) is 18.4 Å². The van der Waals surface area contributed by atoms with Gasteiger partial charge in [-0.3, -0.25) is 9.71 Å². The Bertz CT molecular complexity index is 1930. The van der Waals surface area contributed by atoms with Crippen molar-refractivity contribution in [3.8, 4) is 32.5 Å². The molecule has 0 bridgehead atoms. The van der Waals surface area contributed by atoms with E-state index >= 15 is 4.39 Å². The first-order chi connectivity index (χ1) is 20.1. The Labute approximate surface area is 253 Å². The first-order valence-corrected chi connectivity index (χ1v) is 15.7. The SMILES string of the molecule is Cc1ccc(Cl)c(S(=O)(=O)Nc2cccc(-c3nc(-c4ccc(F)cn4)sc3-c3ccnc(NC4CC4)n3)c2F)c1Cl. The molecule has 0 atom stereocenters. The molecule has 0 aliphatic heterocycles. The summed E-state index contributed by atoms with van der Waals surface area (Å²) in [7, 11) is -4.38. The summed E-state index contributed by atoms with van der Waals surface area (Å²) in [5.74, 6) is -0.969. The van der Waals surface area contributed by atoms with Gasteiger partial charge in [-0.1, -0.05) is 35.3 Å². The van der Waals surface area contributed by atoms with Crippen LogP contribution in [-0.4, -0.2) is 34.4 Å². The molecule has 5 aromatic rings. The number of sulfonamides is 1. The quantitative estimate of drug-likeness (QED) is 0.179. The third-order valence-corrected chi connectivity index (χ3v) is 9.96. The van der Waals surface area contributed by atoms with Crippen LogP contribution in [0.3, 0.4) is 0 Å². The summed E-state index contributed by atoms with van der Waals surface area (Å²) in [6.45, 7) is 1.63. The van der Waals surface area contributed by atoms with E-state index in [0.717, 1.165) is 19.0 Å². The molecule has 0 saturated heterocycles. The normalized spacial score (nSPS) is 13.3. The van der Waals surface area contributed by atoms with Gasteiger partial charge in [0.15, 0.2) is 5.82 Å².